The first-order valence-electron chi connectivity index (χ1n) is 15.0. The van der Waals surface area contributed by atoms with Crippen LogP contribution in [-0.4, -0.2) is 40.8 Å². The average molecular weight is 627 g/mol. The van der Waals surface area contributed by atoms with E-state index < -0.39 is 5.91 Å². The second-order valence-electron chi connectivity index (χ2n) is 10.6. The lowest BCUT2D eigenvalue weighted by Gasteiger charge is -2.08. The molecule has 2 amide bonds. The van der Waals surface area contributed by atoms with Gasteiger partial charge in [-0.2, -0.15) is 0 Å². The number of hydrogen-bond donors (Lipinski definition) is 5. The summed E-state index contributed by atoms with van der Waals surface area (Å²) in [5, 5.41) is 5.35. The molecule has 4 aromatic rings. The van der Waals surface area contributed by atoms with Crippen molar-refractivity contribution in [2.45, 2.75) is 44.9 Å². The lowest BCUT2D eigenvalue weighted by atomic mass is 9.99. The number of aliphatic imine (C=N–C) groups is 1. The SMILES string of the molecule is NC(=NCCCCc1ccc(-c2ccc(CCCNC(=O)CCc3ccccc3)cc2)cc1)NC(=O)c1nc(Cl)c(N)nc1N. The summed E-state index contributed by atoms with van der Waals surface area (Å²) in [6.07, 6.45) is 5.71. The third kappa shape index (κ3) is 10.6. The molecule has 1 heterocycles. The maximum atomic E-state index is 12.3. The minimum Gasteiger partial charge on any atom is -0.382 e. The lowest BCUT2D eigenvalue weighted by molar-refractivity contribution is -0.121. The van der Waals surface area contributed by atoms with Crippen LogP contribution in [0.25, 0.3) is 11.1 Å². The number of aryl methyl sites for hydroxylation is 3. The number of carbonyl (C=O) groups is 2. The van der Waals surface area contributed by atoms with Gasteiger partial charge >= 0.3 is 0 Å². The van der Waals surface area contributed by atoms with E-state index in [1.165, 1.54) is 22.3 Å². The number of nitrogens with zero attached hydrogens (tertiary/aromatic N) is 3. The minimum atomic E-state index is -0.659. The Bertz CT molecular complexity index is 1590. The van der Waals surface area contributed by atoms with Crippen LogP contribution in [0, 0.1) is 0 Å². The van der Waals surface area contributed by atoms with Crippen molar-refractivity contribution in [2.75, 3.05) is 24.6 Å². The smallest absolute Gasteiger partial charge is 0.280 e. The summed E-state index contributed by atoms with van der Waals surface area (Å²) in [6.45, 7) is 1.14. The molecule has 0 aliphatic carbocycles. The number of nitrogens with two attached hydrogens (primary N) is 3. The summed E-state index contributed by atoms with van der Waals surface area (Å²) in [4.78, 5) is 36.3. The van der Waals surface area contributed by atoms with Gasteiger partial charge in [-0.1, -0.05) is 90.5 Å². The van der Waals surface area contributed by atoms with E-state index in [4.69, 9.17) is 28.8 Å². The molecule has 0 saturated heterocycles. The number of unbranched alkanes of at least 4 members (excludes halogenated alkanes) is 1. The highest BCUT2D eigenvalue weighted by molar-refractivity contribution is 6.31. The van der Waals surface area contributed by atoms with Crippen LogP contribution in [0.15, 0.2) is 83.9 Å². The van der Waals surface area contributed by atoms with Crippen LogP contribution in [-0.2, 0) is 24.1 Å². The van der Waals surface area contributed by atoms with Crippen LogP contribution in [0.5, 0.6) is 0 Å². The van der Waals surface area contributed by atoms with Crippen LogP contribution < -0.4 is 27.8 Å². The summed E-state index contributed by atoms with van der Waals surface area (Å²) < 4.78 is 0. The Labute approximate surface area is 268 Å². The fraction of sp³-hybridized carbons (Fsp3) is 0.265. The van der Waals surface area contributed by atoms with Gasteiger partial charge in [-0.3, -0.25) is 19.9 Å². The highest BCUT2D eigenvalue weighted by Crippen LogP contribution is 2.22. The van der Waals surface area contributed by atoms with E-state index >= 15 is 0 Å². The Morgan fingerprint density at radius 2 is 1.33 bits per heavy atom. The Kier molecular flexibility index (Phi) is 12.3. The number of amides is 2. The van der Waals surface area contributed by atoms with Gasteiger partial charge in [-0.15, -0.1) is 0 Å². The van der Waals surface area contributed by atoms with E-state index in [1.807, 2.05) is 30.3 Å². The topological polar surface area (TPSA) is 174 Å². The van der Waals surface area contributed by atoms with Gasteiger partial charge in [0.2, 0.25) is 5.91 Å². The van der Waals surface area contributed by atoms with Crippen molar-refractivity contribution in [3.63, 3.8) is 0 Å². The zero-order valence-corrected chi connectivity index (χ0v) is 25.9. The van der Waals surface area contributed by atoms with E-state index in [-0.39, 0.29) is 34.3 Å². The van der Waals surface area contributed by atoms with Gasteiger partial charge in [-0.05, 0) is 66.3 Å². The highest BCUT2D eigenvalue weighted by atomic mass is 35.5. The number of carbonyl (C=O) groups excluding carboxylic acids is 2. The molecule has 0 fully saturated rings. The largest absolute Gasteiger partial charge is 0.382 e. The number of benzene rings is 3. The van der Waals surface area contributed by atoms with E-state index in [2.05, 4.69) is 74.1 Å². The van der Waals surface area contributed by atoms with Crippen molar-refractivity contribution in [3.05, 3.63) is 106 Å². The predicted molar refractivity (Wildman–Crippen MR) is 181 cm³/mol. The Balaban J connectivity index is 1.12. The first-order chi connectivity index (χ1) is 21.8. The van der Waals surface area contributed by atoms with Crippen LogP contribution >= 0.6 is 11.6 Å². The quantitative estimate of drug-likeness (QED) is 0.0765. The molecule has 0 aliphatic rings. The molecule has 0 unspecified atom stereocenters. The standard InChI is InChI=1S/C34H39ClN8O2/c35-30-32(37)42-31(36)29(41-30)33(45)43-34(38)40-21-5-4-9-24-11-16-26(17-12-24)27-18-13-25(14-19-27)10-6-22-39-28(44)20-15-23-7-2-1-3-8-23/h1-3,7-8,11-14,16-19H,4-6,9-10,15,20-22H2,(H,39,44)(H4,36,37,42)(H3,38,40,43,45). The average Bonchev–Trinajstić information content (AvgIpc) is 3.04. The summed E-state index contributed by atoms with van der Waals surface area (Å²) in [5.41, 5.74) is 22.9. The first kappa shape index (κ1) is 32.9. The molecule has 10 nitrogen and oxygen atoms in total. The predicted octanol–water partition coefficient (Wildman–Crippen LogP) is 4.71. The molecule has 8 N–H and O–H groups in total. The van der Waals surface area contributed by atoms with Crippen LogP contribution in [0.4, 0.5) is 11.6 Å². The van der Waals surface area contributed by atoms with Gasteiger partial charge in [0.25, 0.3) is 5.91 Å². The molecule has 3 aromatic carbocycles. The lowest BCUT2D eigenvalue weighted by Crippen LogP contribution is -2.38. The molecule has 0 radical (unpaired) electrons. The minimum absolute atomic E-state index is 0.0363. The Morgan fingerprint density at radius 3 is 1.98 bits per heavy atom. The molecule has 4 rings (SSSR count). The molecule has 45 heavy (non-hydrogen) atoms. The van der Waals surface area contributed by atoms with Crippen LogP contribution in [0.2, 0.25) is 5.15 Å². The van der Waals surface area contributed by atoms with E-state index in [0.717, 1.165) is 44.1 Å². The molecule has 0 atom stereocenters. The van der Waals surface area contributed by atoms with E-state index in [0.29, 0.717) is 19.5 Å². The second-order valence-corrected chi connectivity index (χ2v) is 11.0. The molecule has 0 saturated carbocycles. The second kappa shape index (κ2) is 16.8. The number of anilines is 2. The van der Waals surface area contributed by atoms with Crippen molar-refractivity contribution in [1.82, 2.24) is 20.6 Å². The van der Waals surface area contributed by atoms with Gasteiger partial charge in [0, 0.05) is 19.5 Å². The highest BCUT2D eigenvalue weighted by Gasteiger charge is 2.16. The van der Waals surface area contributed by atoms with Crippen molar-refractivity contribution >= 4 is 41.0 Å². The fourth-order valence-electron chi connectivity index (χ4n) is 4.70. The van der Waals surface area contributed by atoms with Gasteiger partial charge in [0.15, 0.2) is 28.4 Å². The van der Waals surface area contributed by atoms with Crippen LogP contribution in [0.3, 0.4) is 0 Å². The van der Waals surface area contributed by atoms with Crippen molar-refractivity contribution in [1.29, 1.82) is 0 Å². The number of guanidine groups is 1. The summed E-state index contributed by atoms with van der Waals surface area (Å²) in [6, 6.07) is 27.2. The molecular formula is C34H39ClN8O2. The fourth-order valence-corrected chi connectivity index (χ4v) is 4.83. The summed E-state index contributed by atoms with van der Waals surface area (Å²) >= 11 is 5.82. The Morgan fingerprint density at radius 1 is 0.733 bits per heavy atom. The molecular weight excluding hydrogens is 588 g/mol. The number of aromatic nitrogens is 2. The zero-order chi connectivity index (χ0) is 32.0. The van der Waals surface area contributed by atoms with Gasteiger partial charge < -0.3 is 22.5 Å². The number of halogens is 1. The molecule has 11 heteroatoms. The Hall–Kier alpha value is -4.96. The molecule has 0 aliphatic heterocycles. The third-order valence-corrected chi connectivity index (χ3v) is 7.48. The van der Waals surface area contributed by atoms with Gasteiger partial charge in [-0.25, -0.2) is 9.97 Å². The van der Waals surface area contributed by atoms with Crippen molar-refractivity contribution in [2.24, 2.45) is 10.7 Å². The monoisotopic (exact) mass is 626 g/mol. The zero-order valence-electron chi connectivity index (χ0n) is 25.1. The van der Waals surface area contributed by atoms with E-state index in [1.54, 1.807) is 0 Å². The maximum absolute atomic E-state index is 12.3. The van der Waals surface area contributed by atoms with E-state index in [9.17, 15) is 9.59 Å². The number of rotatable bonds is 14. The molecule has 0 spiro atoms. The van der Waals surface area contributed by atoms with Crippen molar-refractivity contribution in [3.8, 4) is 11.1 Å². The van der Waals surface area contributed by atoms with Gasteiger partial charge in [0.1, 0.15) is 0 Å². The maximum Gasteiger partial charge on any atom is 0.280 e. The summed E-state index contributed by atoms with van der Waals surface area (Å²) in [7, 11) is 0. The summed E-state index contributed by atoms with van der Waals surface area (Å²) in [5.74, 6) is -0.799. The number of nitrogen functional groups attached to an aromatic ring is 2. The molecule has 234 valence electrons. The van der Waals surface area contributed by atoms with Gasteiger partial charge in [0.05, 0.1) is 0 Å². The first-order valence-corrected chi connectivity index (χ1v) is 15.3. The van der Waals surface area contributed by atoms with Crippen molar-refractivity contribution < 1.29 is 9.59 Å². The number of hydrogen-bond acceptors (Lipinski definition) is 7. The third-order valence-electron chi connectivity index (χ3n) is 7.21. The van der Waals surface area contributed by atoms with Crippen LogP contribution in [0.1, 0.15) is 52.9 Å². The molecule has 1 aromatic heterocycles. The number of nitrogens with one attached hydrogen (secondary N) is 2. The molecule has 0 bridgehead atoms. The normalized spacial score (nSPS) is 11.3.